The van der Waals surface area contributed by atoms with E-state index in [1.165, 1.54) is 16.7 Å². The Balaban J connectivity index is 1.95. The fraction of sp³-hybridized carbons (Fsp3) is 0.360. The zero-order valence-electron chi connectivity index (χ0n) is 19.7. The van der Waals surface area contributed by atoms with Crippen LogP contribution in [0.2, 0.25) is 0 Å². The van der Waals surface area contributed by atoms with Crippen LogP contribution in [0.1, 0.15) is 57.4 Å². The summed E-state index contributed by atoms with van der Waals surface area (Å²) in [5, 5.41) is 13.9. The molecule has 0 spiro atoms. The van der Waals surface area contributed by atoms with E-state index < -0.39 is 5.97 Å². The number of carbonyl (C=O) groups excluding carboxylic acids is 1. The number of amides is 1. The van der Waals surface area contributed by atoms with E-state index in [0.29, 0.717) is 24.0 Å². The zero-order chi connectivity index (χ0) is 24.8. The molecular formula is C25H31N5O3S. The molecule has 0 saturated carbocycles. The summed E-state index contributed by atoms with van der Waals surface area (Å²) in [4.78, 5) is 32.8. The topological polar surface area (TPSA) is 144 Å². The average Bonchev–Trinajstić information content (AvgIpc) is 3.28. The van der Waals surface area contributed by atoms with Gasteiger partial charge in [-0.05, 0) is 47.1 Å². The molecule has 3 aromatic rings. The largest absolute Gasteiger partial charge is 0.476 e. The highest BCUT2D eigenvalue weighted by molar-refractivity contribution is 7.09. The molecule has 0 aliphatic rings. The van der Waals surface area contributed by atoms with Crippen molar-refractivity contribution in [3.05, 3.63) is 68.4 Å². The van der Waals surface area contributed by atoms with Crippen molar-refractivity contribution in [1.29, 1.82) is 0 Å². The van der Waals surface area contributed by atoms with Crippen LogP contribution in [0, 0.1) is 12.8 Å². The Morgan fingerprint density at radius 3 is 2.35 bits per heavy atom. The first-order chi connectivity index (χ1) is 16.2. The molecular weight excluding hydrogens is 450 g/mol. The van der Waals surface area contributed by atoms with Gasteiger partial charge in [-0.2, -0.15) is 0 Å². The Labute approximate surface area is 203 Å². The highest BCUT2D eigenvalue weighted by atomic mass is 32.1. The molecule has 0 saturated heterocycles. The molecule has 6 N–H and O–H groups in total. The van der Waals surface area contributed by atoms with E-state index in [9.17, 15) is 9.59 Å². The second-order valence-electron chi connectivity index (χ2n) is 8.56. The molecule has 3 rings (SSSR count). The Hall–Kier alpha value is -3.14. The van der Waals surface area contributed by atoms with E-state index >= 15 is 0 Å². The standard InChI is InChI=1S/C25H31N5O3S/c1-14(2)8-20-19(11-27)24(17-6-4-16(10-26)5-7-17)18(15(3)29-20)9-22(31)28-12-23-30-21(13-34-23)25(32)33/h4-7,13-14H,8-12,26-27H2,1-3H3,(H,28,31)(H,32,33). The molecule has 180 valence electrons. The molecule has 0 fully saturated rings. The SMILES string of the molecule is Cc1nc(CC(C)C)c(CN)c(-c2ccc(CN)cc2)c1CC(=O)NCc1nc(C(=O)O)cs1. The summed E-state index contributed by atoms with van der Waals surface area (Å²) in [6.45, 7) is 7.14. The fourth-order valence-corrected chi connectivity index (χ4v) is 4.59. The maximum atomic E-state index is 12.9. The van der Waals surface area contributed by atoms with Gasteiger partial charge in [0.1, 0.15) is 5.01 Å². The number of nitrogens with one attached hydrogen (secondary N) is 1. The van der Waals surface area contributed by atoms with Crippen molar-refractivity contribution < 1.29 is 14.7 Å². The minimum absolute atomic E-state index is 0.0224. The van der Waals surface area contributed by atoms with Crippen molar-refractivity contribution >= 4 is 23.2 Å². The normalized spacial score (nSPS) is 11.1. The van der Waals surface area contributed by atoms with Crippen molar-refractivity contribution in [2.45, 2.75) is 53.2 Å². The number of aromatic nitrogens is 2. The van der Waals surface area contributed by atoms with Crippen molar-refractivity contribution in [1.82, 2.24) is 15.3 Å². The lowest BCUT2D eigenvalue weighted by molar-refractivity contribution is -0.120. The van der Waals surface area contributed by atoms with E-state index in [1.54, 1.807) is 0 Å². The lowest BCUT2D eigenvalue weighted by atomic mass is 9.88. The molecule has 34 heavy (non-hydrogen) atoms. The Morgan fingerprint density at radius 2 is 1.79 bits per heavy atom. The van der Waals surface area contributed by atoms with Gasteiger partial charge in [-0.1, -0.05) is 38.1 Å². The van der Waals surface area contributed by atoms with Gasteiger partial charge in [0.05, 0.1) is 13.0 Å². The van der Waals surface area contributed by atoms with Crippen LogP contribution < -0.4 is 16.8 Å². The molecule has 8 nitrogen and oxygen atoms in total. The number of thiazole rings is 1. The van der Waals surface area contributed by atoms with Crippen LogP contribution in [0.4, 0.5) is 0 Å². The predicted molar refractivity (Wildman–Crippen MR) is 133 cm³/mol. The van der Waals surface area contributed by atoms with E-state index in [1.807, 2.05) is 31.2 Å². The second-order valence-corrected chi connectivity index (χ2v) is 9.51. The predicted octanol–water partition coefficient (Wildman–Crippen LogP) is 3.19. The summed E-state index contributed by atoms with van der Waals surface area (Å²) in [6, 6.07) is 8.00. The number of carboxylic acids is 1. The third-order valence-electron chi connectivity index (χ3n) is 5.52. The Morgan fingerprint density at radius 1 is 1.09 bits per heavy atom. The smallest absolute Gasteiger partial charge is 0.355 e. The van der Waals surface area contributed by atoms with E-state index in [-0.39, 0.29) is 24.6 Å². The van der Waals surface area contributed by atoms with Crippen LogP contribution in [0.3, 0.4) is 0 Å². The monoisotopic (exact) mass is 481 g/mol. The van der Waals surface area contributed by atoms with E-state index in [0.717, 1.165) is 45.6 Å². The third-order valence-corrected chi connectivity index (χ3v) is 6.37. The Kier molecular flexibility index (Phi) is 8.49. The number of carboxylic acid groups (broad SMARTS) is 1. The number of carbonyl (C=O) groups is 2. The van der Waals surface area contributed by atoms with Gasteiger partial charge in [-0.3, -0.25) is 9.78 Å². The fourth-order valence-electron chi connectivity index (χ4n) is 3.88. The number of rotatable bonds is 10. The molecule has 0 unspecified atom stereocenters. The number of pyridine rings is 1. The highest BCUT2D eigenvalue weighted by Crippen LogP contribution is 2.33. The first kappa shape index (κ1) is 25.5. The van der Waals surface area contributed by atoms with Crippen LogP contribution >= 0.6 is 11.3 Å². The van der Waals surface area contributed by atoms with Gasteiger partial charge < -0.3 is 21.9 Å². The van der Waals surface area contributed by atoms with Crippen molar-refractivity contribution in [2.75, 3.05) is 0 Å². The van der Waals surface area contributed by atoms with Gasteiger partial charge in [0.2, 0.25) is 5.91 Å². The molecule has 0 radical (unpaired) electrons. The van der Waals surface area contributed by atoms with Crippen LogP contribution in [-0.4, -0.2) is 27.0 Å². The molecule has 9 heteroatoms. The quantitative estimate of drug-likeness (QED) is 0.348. The number of aryl methyl sites for hydroxylation is 1. The first-order valence-electron chi connectivity index (χ1n) is 11.2. The zero-order valence-corrected chi connectivity index (χ0v) is 20.5. The minimum atomic E-state index is -1.09. The van der Waals surface area contributed by atoms with Crippen LogP contribution in [0.5, 0.6) is 0 Å². The minimum Gasteiger partial charge on any atom is -0.476 e. The van der Waals surface area contributed by atoms with Gasteiger partial charge >= 0.3 is 5.97 Å². The third kappa shape index (κ3) is 6.05. The first-order valence-corrected chi connectivity index (χ1v) is 12.1. The van der Waals surface area contributed by atoms with Gasteiger partial charge in [-0.25, -0.2) is 9.78 Å². The number of aromatic carboxylic acids is 1. The van der Waals surface area contributed by atoms with Crippen molar-refractivity contribution in [2.24, 2.45) is 17.4 Å². The Bertz CT molecular complexity index is 1170. The molecule has 1 amide bonds. The lowest BCUT2D eigenvalue weighted by Crippen LogP contribution is -2.26. The van der Waals surface area contributed by atoms with Gasteiger partial charge in [0.15, 0.2) is 5.69 Å². The number of benzene rings is 1. The second kappa shape index (κ2) is 11.3. The lowest BCUT2D eigenvalue weighted by Gasteiger charge is -2.21. The highest BCUT2D eigenvalue weighted by Gasteiger charge is 2.21. The summed E-state index contributed by atoms with van der Waals surface area (Å²) in [6.07, 6.45) is 0.919. The van der Waals surface area contributed by atoms with Crippen LogP contribution in [0.15, 0.2) is 29.6 Å². The van der Waals surface area contributed by atoms with Gasteiger partial charge in [0.25, 0.3) is 0 Å². The summed E-state index contributed by atoms with van der Waals surface area (Å²) < 4.78 is 0. The number of hydrogen-bond acceptors (Lipinski definition) is 7. The van der Waals surface area contributed by atoms with Crippen molar-refractivity contribution in [3.63, 3.8) is 0 Å². The molecule has 0 aliphatic heterocycles. The number of nitrogens with zero attached hydrogens (tertiary/aromatic N) is 2. The molecule has 0 bridgehead atoms. The van der Waals surface area contributed by atoms with Crippen LogP contribution in [0.25, 0.3) is 11.1 Å². The number of hydrogen-bond donors (Lipinski definition) is 4. The summed E-state index contributed by atoms with van der Waals surface area (Å²) >= 11 is 1.20. The summed E-state index contributed by atoms with van der Waals surface area (Å²) in [5.74, 6) is -0.874. The molecule has 2 heterocycles. The average molecular weight is 482 g/mol. The maximum Gasteiger partial charge on any atom is 0.355 e. The van der Waals surface area contributed by atoms with Crippen molar-refractivity contribution in [3.8, 4) is 11.1 Å². The molecule has 1 aromatic carbocycles. The van der Waals surface area contributed by atoms with Gasteiger partial charge in [0, 0.05) is 29.9 Å². The van der Waals surface area contributed by atoms with Crippen LogP contribution in [-0.2, 0) is 37.3 Å². The summed E-state index contributed by atoms with van der Waals surface area (Å²) in [7, 11) is 0. The van der Waals surface area contributed by atoms with Gasteiger partial charge in [-0.15, -0.1) is 11.3 Å². The molecule has 2 aromatic heterocycles. The maximum absolute atomic E-state index is 12.9. The summed E-state index contributed by atoms with van der Waals surface area (Å²) in [5.41, 5.74) is 18.5. The molecule has 0 atom stereocenters. The van der Waals surface area contributed by atoms with E-state index in [2.05, 4.69) is 24.1 Å². The number of nitrogens with two attached hydrogens (primary N) is 2. The van der Waals surface area contributed by atoms with E-state index in [4.69, 9.17) is 21.6 Å². The molecule has 0 aliphatic carbocycles.